The minimum atomic E-state index is -5.71. The molecule has 0 spiro atoms. The molecule has 2 nitrogen and oxygen atoms in total. The molecule has 0 aromatic carbocycles. The van der Waals surface area contributed by atoms with E-state index in [1.54, 1.807) is 0 Å². The molecule has 0 aromatic rings. The van der Waals surface area contributed by atoms with Crippen molar-refractivity contribution in [1.82, 2.24) is 0 Å². The molecular weight excluding hydrogens is 218 g/mol. The number of rotatable bonds is 2. The lowest BCUT2D eigenvalue weighted by atomic mass is 10.3. The van der Waals surface area contributed by atoms with E-state index in [0.29, 0.717) is 0 Å². The van der Waals surface area contributed by atoms with E-state index in [1.165, 1.54) is 0 Å². The first-order valence-electron chi connectivity index (χ1n) is 2.98. The van der Waals surface area contributed by atoms with Crippen LogP contribution in [-0.4, -0.2) is 24.4 Å². The number of hydrogen-bond acceptors (Lipinski definition) is 2. The molecule has 0 aromatic heterocycles. The summed E-state index contributed by atoms with van der Waals surface area (Å²) < 4.78 is 73.0. The Balaban J connectivity index is 4.76. The maximum Gasteiger partial charge on any atom is 0.434 e. The van der Waals surface area contributed by atoms with Crippen molar-refractivity contribution in [2.45, 2.75) is 18.5 Å². The molecule has 0 aliphatic rings. The molecule has 0 bridgehead atoms. The first-order chi connectivity index (χ1) is 6.09. The van der Waals surface area contributed by atoms with Gasteiger partial charge in [0.15, 0.2) is 0 Å². The molecule has 0 fully saturated rings. The Bertz CT molecular complexity index is 213. The van der Waals surface area contributed by atoms with Crippen molar-refractivity contribution in [1.29, 1.82) is 0 Å². The van der Waals surface area contributed by atoms with Crippen LogP contribution in [0.5, 0.6) is 0 Å². The summed E-state index contributed by atoms with van der Waals surface area (Å²) >= 11 is 0. The lowest BCUT2D eigenvalue weighted by molar-refractivity contribution is -0.312. The molecule has 0 amide bonds. The Morgan fingerprint density at radius 2 is 1.50 bits per heavy atom. The summed E-state index contributed by atoms with van der Waals surface area (Å²) in [6.45, 7) is 4.37. The van der Waals surface area contributed by atoms with Gasteiger partial charge < -0.3 is 4.74 Å². The molecule has 14 heavy (non-hydrogen) atoms. The molecule has 0 aliphatic heterocycles. The molecule has 1 radical (unpaired) electrons. The number of carbonyl (C=O) groups is 1. The number of carbonyl (C=O) groups excluding carboxylic acids is 1. The molecule has 0 N–H and O–H groups in total. The Labute approximate surface area is 74.1 Å². The van der Waals surface area contributed by atoms with Crippen LogP contribution < -0.4 is 0 Å². The zero-order valence-electron chi connectivity index (χ0n) is 6.32. The number of esters is 1. The molecule has 0 unspecified atom stereocenters. The van der Waals surface area contributed by atoms with E-state index in [2.05, 4.69) is 11.3 Å². The van der Waals surface area contributed by atoms with Crippen LogP contribution in [-0.2, 0) is 9.53 Å². The highest BCUT2D eigenvalue weighted by Gasteiger charge is 2.59. The van der Waals surface area contributed by atoms with Crippen molar-refractivity contribution in [3.8, 4) is 0 Å². The third-order valence-corrected chi connectivity index (χ3v) is 0.965. The number of hydrogen-bond donors (Lipinski definition) is 0. The predicted octanol–water partition coefficient (Wildman–Crippen LogP) is 2.01. The van der Waals surface area contributed by atoms with E-state index in [0.717, 1.165) is 0 Å². The molecule has 0 rings (SSSR count). The van der Waals surface area contributed by atoms with Gasteiger partial charge in [-0.15, -0.1) is 0 Å². The van der Waals surface area contributed by atoms with Gasteiger partial charge in [0.25, 0.3) is 6.10 Å². The zero-order valence-corrected chi connectivity index (χ0v) is 6.32. The van der Waals surface area contributed by atoms with E-state index in [1.807, 2.05) is 0 Å². The van der Waals surface area contributed by atoms with Gasteiger partial charge in [-0.3, -0.25) is 0 Å². The van der Waals surface area contributed by atoms with Crippen LogP contribution in [0.4, 0.5) is 26.3 Å². The average Bonchev–Trinajstić information content (AvgIpc) is 1.95. The second kappa shape index (κ2) is 3.89. The summed E-state index contributed by atoms with van der Waals surface area (Å²) in [7, 11) is 0. The van der Waals surface area contributed by atoms with E-state index < -0.39 is 24.4 Å². The summed E-state index contributed by atoms with van der Waals surface area (Å²) in [6, 6.07) is 0. The van der Waals surface area contributed by atoms with Crippen LogP contribution in [0.1, 0.15) is 0 Å². The summed E-state index contributed by atoms with van der Waals surface area (Å²) in [6.07, 6.45) is -15.6. The highest BCUT2D eigenvalue weighted by atomic mass is 19.4. The van der Waals surface area contributed by atoms with Crippen LogP contribution in [0.2, 0.25) is 0 Å². The third-order valence-electron chi connectivity index (χ3n) is 0.965. The minimum Gasteiger partial charge on any atom is -0.440 e. The fraction of sp³-hybridized carbons (Fsp3) is 0.500. The fourth-order valence-corrected chi connectivity index (χ4v) is 0.475. The molecule has 0 atom stereocenters. The van der Waals surface area contributed by atoms with Crippen molar-refractivity contribution in [3.63, 3.8) is 0 Å². The molecule has 0 aliphatic carbocycles. The normalized spacial score (nSPS) is 12.8. The highest BCUT2D eigenvalue weighted by molar-refractivity contribution is 5.81. The molecule has 8 heteroatoms. The van der Waals surface area contributed by atoms with Crippen molar-refractivity contribution in [2.75, 3.05) is 0 Å². The van der Waals surface area contributed by atoms with E-state index in [9.17, 15) is 31.1 Å². The number of alkyl halides is 6. The van der Waals surface area contributed by atoms with Crippen LogP contribution in [0, 0.1) is 6.58 Å². The molecule has 81 valence electrons. The van der Waals surface area contributed by atoms with Gasteiger partial charge in [0.2, 0.25) is 0 Å². The van der Waals surface area contributed by atoms with Gasteiger partial charge in [-0.05, 0) is 0 Å². The topological polar surface area (TPSA) is 26.3 Å². The minimum absolute atomic E-state index is 0.0372. The second-order valence-corrected chi connectivity index (χ2v) is 2.07. The second-order valence-electron chi connectivity index (χ2n) is 2.07. The average molecular weight is 221 g/mol. The van der Waals surface area contributed by atoms with Gasteiger partial charge in [0.05, 0.1) is 0 Å². The largest absolute Gasteiger partial charge is 0.440 e. The van der Waals surface area contributed by atoms with E-state index in [-0.39, 0.29) is 6.08 Å². The maximum absolute atomic E-state index is 11.7. The number of halogens is 6. The SMILES string of the molecule is [CH]=CC(=O)OC(C(F)(F)F)C(F)(F)F. The monoisotopic (exact) mass is 221 g/mol. The fourth-order valence-electron chi connectivity index (χ4n) is 0.475. The van der Waals surface area contributed by atoms with E-state index >= 15 is 0 Å². The molecular formula is C6H3F6O2. The molecule has 0 saturated heterocycles. The van der Waals surface area contributed by atoms with Crippen LogP contribution in [0.3, 0.4) is 0 Å². The van der Waals surface area contributed by atoms with Crippen molar-refractivity contribution in [3.05, 3.63) is 12.7 Å². The molecule has 0 saturated carbocycles. The van der Waals surface area contributed by atoms with Crippen molar-refractivity contribution < 1.29 is 35.9 Å². The summed E-state index contributed by atoms with van der Waals surface area (Å²) in [5.41, 5.74) is 0. The third kappa shape index (κ3) is 3.67. The summed E-state index contributed by atoms with van der Waals surface area (Å²) in [4.78, 5) is 10.1. The van der Waals surface area contributed by atoms with Gasteiger partial charge >= 0.3 is 18.3 Å². The smallest absolute Gasteiger partial charge is 0.434 e. The Kier molecular flexibility index (Phi) is 3.55. The lowest BCUT2D eigenvalue weighted by Crippen LogP contribution is -2.45. The zero-order chi connectivity index (χ0) is 11.6. The summed E-state index contributed by atoms with van der Waals surface area (Å²) in [5, 5.41) is 0. The Hall–Kier alpha value is -1.21. The maximum atomic E-state index is 11.7. The number of ether oxygens (including phenoxy) is 1. The standard InChI is InChI=1S/C6H3F6O2/c1-2-3(13)14-4(5(7,8)9)6(10,11)12/h1-2,4H. The molecule has 0 heterocycles. The lowest BCUT2D eigenvalue weighted by Gasteiger charge is -2.21. The van der Waals surface area contributed by atoms with Crippen molar-refractivity contribution in [2.24, 2.45) is 0 Å². The van der Waals surface area contributed by atoms with Crippen LogP contribution >= 0.6 is 0 Å². The van der Waals surface area contributed by atoms with Gasteiger partial charge in [-0.25, -0.2) is 4.79 Å². The van der Waals surface area contributed by atoms with Crippen LogP contribution in [0.15, 0.2) is 6.08 Å². The highest BCUT2D eigenvalue weighted by Crippen LogP contribution is 2.35. The van der Waals surface area contributed by atoms with Gasteiger partial charge in [0.1, 0.15) is 0 Å². The Morgan fingerprint density at radius 1 is 1.14 bits per heavy atom. The van der Waals surface area contributed by atoms with E-state index in [4.69, 9.17) is 0 Å². The quantitative estimate of drug-likeness (QED) is 0.405. The van der Waals surface area contributed by atoms with Gasteiger partial charge in [0, 0.05) is 6.08 Å². The Morgan fingerprint density at radius 3 is 1.71 bits per heavy atom. The van der Waals surface area contributed by atoms with Crippen molar-refractivity contribution >= 4 is 5.97 Å². The predicted molar refractivity (Wildman–Crippen MR) is 30.9 cm³/mol. The van der Waals surface area contributed by atoms with Gasteiger partial charge in [-0.2, -0.15) is 26.3 Å². The van der Waals surface area contributed by atoms with Crippen LogP contribution in [0.25, 0.3) is 0 Å². The first-order valence-corrected chi connectivity index (χ1v) is 2.98. The summed E-state index contributed by atoms with van der Waals surface area (Å²) in [5.74, 6) is -1.90. The first kappa shape index (κ1) is 12.8. The van der Waals surface area contributed by atoms with Gasteiger partial charge in [-0.1, -0.05) is 6.58 Å².